The number of fused-ring (bicyclic) bond motifs is 1. The summed E-state index contributed by atoms with van der Waals surface area (Å²) in [5.74, 6) is -0.110. The van der Waals surface area contributed by atoms with Gasteiger partial charge in [-0.25, -0.2) is 14.6 Å². The molecule has 9 heteroatoms. The summed E-state index contributed by atoms with van der Waals surface area (Å²) in [4.78, 5) is 20.2. The van der Waals surface area contributed by atoms with Crippen molar-refractivity contribution in [2.45, 2.75) is 26.6 Å². The van der Waals surface area contributed by atoms with Crippen LogP contribution in [0.15, 0.2) is 30.5 Å². The second-order valence-corrected chi connectivity index (χ2v) is 5.51. The Kier molecular flexibility index (Phi) is 4.15. The van der Waals surface area contributed by atoms with E-state index in [1.54, 1.807) is 18.2 Å². The highest BCUT2D eigenvalue weighted by molar-refractivity contribution is 5.91. The first kappa shape index (κ1) is 16.9. The van der Waals surface area contributed by atoms with Crippen LogP contribution in [0.5, 0.6) is 0 Å². The van der Waals surface area contributed by atoms with Gasteiger partial charge in [-0.2, -0.15) is 18.3 Å². The number of aromatic nitrogens is 4. The van der Waals surface area contributed by atoms with Crippen LogP contribution in [0.25, 0.3) is 11.0 Å². The van der Waals surface area contributed by atoms with Crippen LogP contribution in [0.2, 0.25) is 0 Å². The minimum Gasteiger partial charge on any atom is -0.309 e. The summed E-state index contributed by atoms with van der Waals surface area (Å²) in [5.41, 5.74) is -0.406. The summed E-state index contributed by atoms with van der Waals surface area (Å²) in [6.07, 6.45) is -3.01. The molecule has 0 aliphatic carbocycles. The van der Waals surface area contributed by atoms with Crippen LogP contribution >= 0.6 is 0 Å². The van der Waals surface area contributed by atoms with E-state index in [-0.39, 0.29) is 29.0 Å². The number of rotatable bonds is 3. The Balaban J connectivity index is 1.98. The third-order valence-corrected chi connectivity index (χ3v) is 3.54. The number of pyridine rings is 2. The van der Waals surface area contributed by atoms with Crippen molar-refractivity contribution in [2.24, 2.45) is 0 Å². The van der Waals surface area contributed by atoms with Crippen molar-refractivity contribution in [3.63, 3.8) is 0 Å². The van der Waals surface area contributed by atoms with E-state index >= 15 is 0 Å². The average molecular weight is 349 g/mol. The first-order valence-corrected chi connectivity index (χ1v) is 7.38. The molecule has 0 aliphatic rings. The molecule has 1 N–H and O–H groups in total. The molecule has 130 valence electrons. The molecule has 3 rings (SSSR count). The molecule has 0 saturated heterocycles. The second kappa shape index (κ2) is 6.15. The zero-order chi connectivity index (χ0) is 18.2. The Labute approximate surface area is 140 Å². The molecule has 0 saturated carbocycles. The van der Waals surface area contributed by atoms with Crippen molar-refractivity contribution in [3.8, 4) is 0 Å². The van der Waals surface area contributed by atoms with Gasteiger partial charge in [-0.1, -0.05) is 6.07 Å². The molecule has 3 heterocycles. The number of nitrogens with zero attached hydrogens (tertiary/aromatic N) is 4. The van der Waals surface area contributed by atoms with Crippen molar-refractivity contribution >= 4 is 22.8 Å². The highest BCUT2D eigenvalue weighted by Crippen LogP contribution is 2.36. The molecule has 3 aromatic heterocycles. The molecule has 0 radical (unpaired) electrons. The molecule has 3 aromatic rings. The molecule has 0 aromatic carbocycles. The fourth-order valence-electron chi connectivity index (χ4n) is 2.57. The largest absolute Gasteiger partial charge is 0.417 e. The maximum atomic E-state index is 13.3. The van der Waals surface area contributed by atoms with Crippen molar-refractivity contribution in [1.29, 1.82) is 0 Å². The van der Waals surface area contributed by atoms with Crippen LogP contribution in [0, 0.1) is 13.8 Å². The topological polar surface area (TPSA) is 72.7 Å². The summed E-state index contributed by atoms with van der Waals surface area (Å²) in [5, 5.41) is 6.53. The maximum absolute atomic E-state index is 13.3. The number of alkyl halides is 3. The van der Waals surface area contributed by atoms with E-state index in [0.717, 1.165) is 6.07 Å². The van der Waals surface area contributed by atoms with Gasteiger partial charge in [-0.3, -0.25) is 4.79 Å². The number of nitrogens with one attached hydrogen (secondary N) is 1. The number of amides is 1. The van der Waals surface area contributed by atoms with Crippen LogP contribution in [-0.2, 0) is 17.5 Å². The monoisotopic (exact) mass is 349 g/mol. The van der Waals surface area contributed by atoms with Crippen molar-refractivity contribution in [3.05, 3.63) is 47.4 Å². The van der Waals surface area contributed by atoms with Gasteiger partial charge in [0.05, 0.1) is 16.6 Å². The molecule has 0 bridgehead atoms. The van der Waals surface area contributed by atoms with Gasteiger partial charge < -0.3 is 5.32 Å². The summed E-state index contributed by atoms with van der Waals surface area (Å²) < 4.78 is 41.0. The number of hydrogen-bond donors (Lipinski definition) is 1. The van der Waals surface area contributed by atoms with E-state index in [9.17, 15) is 18.0 Å². The maximum Gasteiger partial charge on any atom is 0.417 e. The predicted octanol–water partition coefficient (Wildman–Crippen LogP) is 3.10. The normalized spacial score (nSPS) is 11.7. The van der Waals surface area contributed by atoms with E-state index in [0.29, 0.717) is 5.82 Å². The number of carbonyl (C=O) groups is 1. The minimum absolute atomic E-state index is 0.0287. The molecule has 0 unspecified atom stereocenters. The first-order chi connectivity index (χ1) is 11.8. The molecule has 6 nitrogen and oxygen atoms in total. The number of carbonyl (C=O) groups excluding carboxylic acids is 1. The van der Waals surface area contributed by atoms with Gasteiger partial charge in [-0.15, -0.1) is 0 Å². The molecule has 0 fully saturated rings. The Morgan fingerprint density at radius 2 is 2.04 bits per heavy atom. The summed E-state index contributed by atoms with van der Waals surface area (Å²) in [7, 11) is 0. The highest BCUT2D eigenvalue weighted by atomic mass is 19.4. The molecular formula is C16H14F3N5O. The number of halogens is 3. The molecule has 1 amide bonds. The fourth-order valence-corrected chi connectivity index (χ4v) is 2.57. The van der Waals surface area contributed by atoms with Gasteiger partial charge in [0, 0.05) is 11.9 Å². The molecule has 25 heavy (non-hydrogen) atoms. The molecular weight excluding hydrogens is 335 g/mol. The van der Waals surface area contributed by atoms with E-state index in [1.807, 2.05) is 0 Å². The van der Waals surface area contributed by atoms with Gasteiger partial charge in [-0.05, 0) is 32.0 Å². The first-order valence-electron chi connectivity index (χ1n) is 7.38. The molecule has 0 spiro atoms. The summed E-state index contributed by atoms with van der Waals surface area (Å²) in [6, 6.07) is 5.99. The van der Waals surface area contributed by atoms with Crippen LogP contribution in [0.1, 0.15) is 17.0 Å². The fraction of sp³-hybridized carbons (Fsp3) is 0.250. The van der Waals surface area contributed by atoms with Crippen molar-refractivity contribution in [1.82, 2.24) is 19.7 Å². The van der Waals surface area contributed by atoms with E-state index in [4.69, 9.17) is 0 Å². The standard InChI is InChI=1S/C16H14F3N5O/c1-9-7-11(16(17,18)19)14-10(2)23-24(15(14)21-9)8-13(25)22-12-5-3-4-6-20-12/h3-7H,8H2,1-2H3,(H,20,22,25). The van der Waals surface area contributed by atoms with Gasteiger partial charge in [0.1, 0.15) is 12.4 Å². The summed E-state index contributed by atoms with van der Waals surface area (Å²) in [6.45, 7) is 2.66. The predicted molar refractivity (Wildman–Crippen MR) is 84.9 cm³/mol. The lowest BCUT2D eigenvalue weighted by molar-refractivity contribution is -0.136. The molecule has 0 aliphatic heterocycles. The average Bonchev–Trinajstić information content (AvgIpc) is 2.82. The van der Waals surface area contributed by atoms with Crippen molar-refractivity contribution < 1.29 is 18.0 Å². The Bertz CT molecular complexity index is 934. The quantitative estimate of drug-likeness (QED) is 0.789. The van der Waals surface area contributed by atoms with E-state index < -0.39 is 17.6 Å². The van der Waals surface area contributed by atoms with Gasteiger partial charge in [0.2, 0.25) is 5.91 Å². The zero-order valence-electron chi connectivity index (χ0n) is 13.4. The zero-order valence-corrected chi connectivity index (χ0v) is 13.4. The Morgan fingerprint density at radius 3 is 2.68 bits per heavy atom. The van der Waals surface area contributed by atoms with Crippen LogP contribution in [0.4, 0.5) is 19.0 Å². The van der Waals surface area contributed by atoms with Crippen molar-refractivity contribution in [2.75, 3.05) is 5.32 Å². The van der Waals surface area contributed by atoms with Gasteiger partial charge in [0.15, 0.2) is 5.65 Å². The highest BCUT2D eigenvalue weighted by Gasteiger charge is 2.35. The smallest absolute Gasteiger partial charge is 0.309 e. The van der Waals surface area contributed by atoms with E-state index in [2.05, 4.69) is 20.4 Å². The van der Waals surface area contributed by atoms with Gasteiger partial charge in [0.25, 0.3) is 0 Å². The van der Waals surface area contributed by atoms with E-state index in [1.165, 1.54) is 24.7 Å². The van der Waals surface area contributed by atoms with Crippen LogP contribution < -0.4 is 5.32 Å². The minimum atomic E-state index is -4.53. The Hall–Kier alpha value is -2.97. The lowest BCUT2D eigenvalue weighted by Gasteiger charge is -2.10. The second-order valence-electron chi connectivity index (χ2n) is 5.51. The lowest BCUT2D eigenvalue weighted by Crippen LogP contribution is -2.20. The van der Waals surface area contributed by atoms with Crippen LogP contribution in [0.3, 0.4) is 0 Å². The molecule has 0 atom stereocenters. The Morgan fingerprint density at radius 1 is 1.28 bits per heavy atom. The number of hydrogen-bond acceptors (Lipinski definition) is 4. The number of anilines is 1. The third kappa shape index (κ3) is 3.44. The lowest BCUT2D eigenvalue weighted by atomic mass is 10.1. The van der Waals surface area contributed by atoms with Crippen LogP contribution in [-0.4, -0.2) is 25.7 Å². The SMILES string of the molecule is Cc1cc(C(F)(F)F)c2c(C)nn(CC(=O)Nc3ccccn3)c2n1. The third-order valence-electron chi connectivity index (χ3n) is 3.54. The summed E-state index contributed by atoms with van der Waals surface area (Å²) >= 11 is 0. The number of aryl methyl sites for hydroxylation is 2. The van der Waals surface area contributed by atoms with Gasteiger partial charge >= 0.3 is 6.18 Å².